The Bertz CT molecular complexity index is 215. The predicted octanol–water partition coefficient (Wildman–Crippen LogP) is 0.898. The number of likely N-dealkylation sites (N-methyl/N-ethyl adjacent to an activating group) is 1. The van der Waals surface area contributed by atoms with Crippen LogP contribution in [0.4, 0.5) is 0 Å². The normalized spacial score (nSPS) is 13.9. The number of amides is 1. The van der Waals surface area contributed by atoms with Crippen LogP contribution in [0.15, 0.2) is 0 Å². The lowest BCUT2D eigenvalue weighted by atomic mass is 9.98. The molecular formula is C12H26N2O2. The largest absolute Gasteiger partial charge is 0.396 e. The standard InChI is InChI=1S/C12H26N2O2/c1-6-13-12(4,5)11(16)14-10(7-8-15)9(2)3/h9-10,13,15H,6-8H2,1-5H3,(H,14,16). The Morgan fingerprint density at radius 1 is 1.38 bits per heavy atom. The van der Waals surface area contributed by atoms with E-state index in [0.717, 1.165) is 6.54 Å². The van der Waals surface area contributed by atoms with Crippen molar-refractivity contribution in [2.24, 2.45) is 5.92 Å². The highest BCUT2D eigenvalue weighted by atomic mass is 16.3. The van der Waals surface area contributed by atoms with E-state index < -0.39 is 5.54 Å². The Hall–Kier alpha value is -0.610. The molecule has 0 radical (unpaired) electrons. The molecule has 4 nitrogen and oxygen atoms in total. The van der Waals surface area contributed by atoms with Crippen LogP contribution in [0.1, 0.15) is 41.0 Å². The van der Waals surface area contributed by atoms with Gasteiger partial charge in [-0.15, -0.1) is 0 Å². The molecule has 96 valence electrons. The summed E-state index contributed by atoms with van der Waals surface area (Å²) in [5.74, 6) is 0.315. The van der Waals surface area contributed by atoms with Gasteiger partial charge in [-0.05, 0) is 32.7 Å². The second kappa shape index (κ2) is 6.86. The van der Waals surface area contributed by atoms with Gasteiger partial charge in [0.15, 0.2) is 0 Å². The van der Waals surface area contributed by atoms with Gasteiger partial charge in [0.25, 0.3) is 0 Å². The lowest BCUT2D eigenvalue weighted by Gasteiger charge is -2.29. The van der Waals surface area contributed by atoms with Gasteiger partial charge in [-0.3, -0.25) is 4.79 Å². The summed E-state index contributed by atoms with van der Waals surface area (Å²) < 4.78 is 0. The van der Waals surface area contributed by atoms with E-state index in [1.165, 1.54) is 0 Å². The SMILES string of the molecule is CCNC(C)(C)C(=O)NC(CCO)C(C)C. The Balaban J connectivity index is 4.39. The minimum atomic E-state index is -0.558. The summed E-state index contributed by atoms with van der Waals surface area (Å²) in [5, 5.41) is 15.1. The summed E-state index contributed by atoms with van der Waals surface area (Å²) in [5.41, 5.74) is -0.558. The molecule has 0 aromatic carbocycles. The van der Waals surface area contributed by atoms with Gasteiger partial charge in [-0.25, -0.2) is 0 Å². The van der Waals surface area contributed by atoms with Crippen molar-refractivity contribution in [1.82, 2.24) is 10.6 Å². The molecule has 0 saturated carbocycles. The second-order valence-electron chi connectivity index (χ2n) is 4.99. The highest BCUT2D eigenvalue weighted by molar-refractivity contribution is 5.85. The molecular weight excluding hydrogens is 204 g/mol. The first-order valence-electron chi connectivity index (χ1n) is 6.02. The molecule has 0 rings (SSSR count). The summed E-state index contributed by atoms with van der Waals surface area (Å²) in [7, 11) is 0. The van der Waals surface area contributed by atoms with E-state index in [0.29, 0.717) is 12.3 Å². The minimum Gasteiger partial charge on any atom is -0.396 e. The minimum absolute atomic E-state index is 0.0125. The molecule has 1 unspecified atom stereocenters. The number of carbonyl (C=O) groups excluding carboxylic acids is 1. The van der Waals surface area contributed by atoms with Crippen LogP contribution in [-0.4, -0.2) is 35.7 Å². The number of aliphatic hydroxyl groups is 1. The number of rotatable bonds is 7. The van der Waals surface area contributed by atoms with Gasteiger partial charge in [0.2, 0.25) is 5.91 Å². The van der Waals surface area contributed by atoms with Crippen molar-refractivity contribution in [2.75, 3.05) is 13.2 Å². The maximum absolute atomic E-state index is 12.0. The van der Waals surface area contributed by atoms with Gasteiger partial charge in [0.1, 0.15) is 0 Å². The molecule has 4 heteroatoms. The quantitative estimate of drug-likeness (QED) is 0.609. The van der Waals surface area contributed by atoms with Crippen LogP contribution in [-0.2, 0) is 4.79 Å². The first-order chi connectivity index (χ1) is 7.35. The summed E-state index contributed by atoms with van der Waals surface area (Å²) in [6, 6.07) is 0.0374. The lowest BCUT2D eigenvalue weighted by molar-refractivity contribution is -0.127. The smallest absolute Gasteiger partial charge is 0.239 e. The van der Waals surface area contributed by atoms with Crippen molar-refractivity contribution < 1.29 is 9.90 Å². The zero-order valence-electron chi connectivity index (χ0n) is 11.1. The first-order valence-corrected chi connectivity index (χ1v) is 6.02. The molecule has 3 N–H and O–H groups in total. The number of nitrogens with one attached hydrogen (secondary N) is 2. The molecule has 0 aliphatic rings. The monoisotopic (exact) mass is 230 g/mol. The topological polar surface area (TPSA) is 61.4 Å². The molecule has 0 aromatic heterocycles. The van der Waals surface area contributed by atoms with Crippen LogP contribution >= 0.6 is 0 Å². The van der Waals surface area contributed by atoms with E-state index in [-0.39, 0.29) is 18.6 Å². The third-order valence-electron chi connectivity index (χ3n) is 2.75. The van der Waals surface area contributed by atoms with Crippen LogP contribution in [0.3, 0.4) is 0 Å². The molecule has 0 spiro atoms. The van der Waals surface area contributed by atoms with Gasteiger partial charge in [0.05, 0.1) is 5.54 Å². The maximum Gasteiger partial charge on any atom is 0.239 e. The Kier molecular flexibility index (Phi) is 6.60. The lowest BCUT2D eigenvalue weighted by Crippen LogP contribution is -2.55. The van der Waals surface area contributed by atoms with Crippen LogP contribution in [0.5, 0.6) is 0 Å². The first kappa shape index (κ1) is 15.4. The maximum atomic E-state index is 12.0. The highest BCUT2D eigenvalue weighted by Gasteiger charge is 2.28. The van der Waals surface area contributed by atoms with Crippen molar-refractivity contribution in [2.45, 2.75) is 52.6 Å². The van der Waals surface area contributed by atoms with E-state index in [1.54, 1.807) is 0 Å². The zero-order chi connectivity index (χ0) is 12.8. The van der Waals surface area contributed by atoms with Crippen LogP contribution < -0.4 is 10.6 Å². The second-order valence-corrected chi connectivity index (χ2v) is 4.99. The van der Waals surface area contributed by atoms with Gasteiger partial charge in [-0.1, -0.05) is 20.8 Å². The molecule has 0 aliphatic heterocycles. The molecule has 0 fully saturated rings. The zero-order valence-corrected chi connectivity index (χ0v) is 11.1. The summed E-state index contributed by atoms with van der Waals surface area (Å²) in [6.45, 7) is 10.6. The summed E-state index contributed by atoms with van der Waals surface area (Å²) >= 11 is 0. The molecule has 16 heavy (non-hydrogen) atoms. The van der Waals surface area contributed by atoms with Crippen molar-refractivity contribution in [3.05, 3.63) is 0 Å². The number of carbonyl (C=O) groups is 1. The van der Waals surface area contributed by atoms with Crippen molar-refractivity contribution in [3.63, 3.8) is 0 Å². The molecule has 0 aromatic rings. The van der Waals surface area contributed by atoms with Gasteiger partial charge >= 0.3 is 0 Å². The summed E-state index contributed by atoms with van der Waals surface area (Å²) in [6.07, 6.45) is 0.603. The third-order valence-corrected chi connectivity index (χ3v) is 2.75. The van der Waals surface area contributed by atoms with Gasteiger partial charge in [-0.2, -0.15) is 0 Å². The van der Waals surface area contributed by atoms with Gasteiger partial charge in [0, 0.05) is 12.6 Å². The van der Waals surface area contributed by atoms with Crippen LogP contribution in [0.25, 0.3) is 0 Å². The Morgan fingerprint density at radius 3 is 2.31 bits per heavy atom. The third kappa shape index (κ3) is 4.94. The van der Waals surface area contributed by atoms with E-state index in [9.17, 15) is 4.79 Å². The van der Waals surface area contributed by atoms with E-state index in [4.69, 9.17) is 5.11 Å². The summed E-state index contributed by atoms with van der Waals surface area (Å²) in [4.78, 5) is 12.0. The van der Waals surface area contributed by atoms with Crippen molar-refractivity contribution in [3.8, 4) is 0 Å². The molecule has 0 aliphatic carbocycles. The van der Waals surface area contributed by atoms with Crippen LogP contribution in [0, 0.1) is 5.92 Å². The number of aliphatic hydroxyl groups excluding tert-OH is 1. The fourth-order valence-corrected chi connectivity index (χ4v) is 1.58. The molecule has 0 heterocycles. The number of hydrogen-bond acceptors (Lipinski definition) is 3. The fraction of sp³-hybridized carbons (Fsp3) is 0.917. The number of hydrogen-bond donors (Lipinski definition) is 3. The van der Waals surface area contributed by atoms with E-state index in [2.05, 4.69) is 10.6 Å². The van der Waals surface area contributed by atoms with Crippen molar-refractivity contribution in [1.29, 1.82) is 0 Å². The van der Waals surface area contributed by atoms with Gasteiger partial charge < -0.3 is 15.7 Å². The average Bonchev–Trinajstić information content (AvgIpc) is 2.16. The van der Waals surface area contributed by atoms with Crippen molar-refractivity contribution >= 4 is 5.91 Å². The molecule has 0 bridgehead atoms. The predicted molar refractivity (Wildman–Crippen MR) is 66.2 cm³/mol. The molecule has 1 atom stereocenters. The fourth-order valence-electron chi connectivity index (χ4n) is 1.58. The molecule has 1 amide bonds. The Labute approximate surface area is 98.8 Å². The van der Waals surface area contributed by atoms with E-state index >= 15 is 0 Å². The Morgan fingerprint density at radius 2 is 1.94 bits per heavy atom. The average molecular weight is 230 g/mol. The van der Waals surface area contributed by atoms with E-state index in [1.807, 2.05) is 34.6 Å². The van der Waals surface area contributed by atoms with Crippen LogP contribution in [0.2, 0.25) is 0 Å². The highest BCUT2D eigenvalue weighted by Crippen LogP contribution is 2.09. The molecule has 0 saturated heterocycles.